The first-order valence-electron chi connectivity index (χ1n) is 9.52. The minimum atomic E-state index is -1.07. The molecule has 30 heavy (non-hydrogen) atoms. The van der Waals surface area contributed by atoms with Gasteiger partial charge < -0.3 is 5.32 Å². The van der Waals surface area contributed by atoms with Crippen LogP contribution < -0.4 is 10.9 Å². The average Bonchev–Trinajstić information content (AvgIpc) is 3.17. The molecule has 1 aliphatic rings. The van der Waals surface area contributed by atoms with Gasteiger partial charge >= 0.3 is 0 Å². The number of nitrogens with one attached hydrogen (secondary N) is 1. The molecule has 0 radical (unpaired) electrons. The highest BCUT2D eigenvalue weighted by atomic mass is 35.5. The van der Waals surface area contributed by atoms with Gasteiger partial charge in [0.2, 0.25) is 5.28 Å². The summed E-state index contributed by atoms with van der Waals surface area (Å²) >= 11 is 5.92. The van der Waals surface area contributed by atoms with Gasteiger partial charge in [0.25, 0.3) is 5.56 Å². The van der Waals surface area contributed by atoms with Gasteiger partial charge in [-0.15, -0.1) is 0 Å². The van der Waals surface area contributed by atoms with E-state index in [-0.39, 0.29) is 29.1 Å². The van der Waals surface area contributed by atoms with Crippen molar-refractivity contribution < 1.29 is 9.00 Å². The number of anilines is 1. The number of carbonyl (C=O) groups excluding carboxylic acids is 1. The number of halogens is 1. The van der Waals surface area contributed by atoms with E-state index in [9.17, 15) is 13.8 Å². The molecule has 0 aliphatic heterocycles. The Balaban J connectivity index is 1.68. The molecule has 3 aromatic rings. The van der Waals surface area contributed by atoms with Crippen molar-refractivity contribution in [1.29, 1.82) is 0 Å². The molecule has 0 aromatic carbocycles. The van der Waals surface area contributed by atoms with Gasteiger partial charge in [-0.05, 0) is 36.6 Å². The Morgan fingerprint density at radius 2 is 2.07 bits per heavy atom. The smallest absolute Gasteiger partial charge is 0.295 e. The van der Waals surface area contributed by atoms with E-state index >= 15 is 0 Å². The molecule has 2 atom stereocenters. The summed E-state index contributed by atoms with van der Waals surface area (Å²) in [6.45, 7) is 2.08. The zero-order valence-electron chi connectivity index (χ0n) is 16.2. The highest BCUT2D eigenvalue weighted by Crippen LogP contribution is 2.27. The number of fused-ring (bicyclic) bond motifs is 1. The molecule has 2 unspecified atom stereocenters. The van der Waals surface area contributed by atoms with Crippen molar-refractivity contribution >= 4 is 45.2 Å². The number of pyridine rings is 1. The number of hydrogen-bond donors (Lipinski definition) is 1. The molecule has 0 saturated heterocycles. The molecule has 11 heteroatoms. The normalized spacial score (nSPS) is 17.4. The van der Waals surface area contributed by atoms with Crippen LogP contribution in [0.4, 0.5) is 5.82 Å². The van der Waals surface area contributed by atoms with Crippen molar-refractivity contribution in [2.24, 2.45) is 0 Å². The summed E-state index contributed by atoms with van der Waals surface area (Å²) in [7, 11) is -1.07. The Kier molecular flexibility index (Phi) is 5.87. The molecule has 1 aliphatic carbocycles. The second kappa shape index (κ2) is 8.57. The first-order valence-corrected chi connectivity index (χ1v) is 11.2. The zero-order valence-corrected chi connectivity index (χ0v) is 17.7. The fourth-order valence-electron chi connectivity index (χ4n) is 3.45. The van der Waals surface area contributed by atoms with Gasteiger partial charge in [0, 0.05) is 18.4 Å². The largest absolute Gasteiger partial charge is 0.360 e. The average molecular weight is 447 g/mol. The third-order valence-corrected chi connectivity index (χ3v) is 6.42. The first kappa shape index (κ1) is 20.5. The van der Waals surface area contributed by atoms with Crippen molar-refractivity contribution in [3.63, 3.8) is 0 Å². The summed E-state index contributed by atoms with van der Waals surface area (Å²) in [5.74, 6) is 0.591. The maximum Gasteiger partial charge on any atom is 0.295 e. The lowest BCUT2D eigenvalue weighted by Gasteiger charge is -2.16. The van der Waals surface area contributed by atoms with Crippen molar-refractivity contribution in [3.05, 3.63) is 45.9 Å². The Hall–Kier alpha value is -2.72. The molecular weight excluding hydrogens is 428 g/mol. The van der Waals surface area contributed by atoms with E-state index in [1.165, 1.54) is 10.8 Å². The SMILES string of the molecule is CCS(=O)c1ccc(CNc2nc3cnc(Cl)nc3n(C3CCCC3=O)c2=O)nc1. The van der Waals surface area contributed by atoms with Gasteiger partial charge in [0.05, 0.1) is 40.2 Å². The van der Waals surface area contributed by atoms with Crippen LogP contribution >= 0.6 is 11.6 Å². The van der Waals surface area contributed by atoms with E-state index in [1.807, 2.05) is 6.92 Å². The van der Waals surface area contributed by atoms with Crippen LogP contribution in [0.15, 0.2) is 34.2 Å². The van der Waals surface area contributed by atoms with Gasteiger partial charge in [-0.25, -0.2) is 9.97 Å². The van der Waals surface area contributed by atoms with E-state index in [1.54, 1.807) is 18.3 Å². The van der Waals surface area contributed by atoms with E-state index in [0.717, 1.165) is 6.42 Å². The fourth-order valence-corrected chi connectivity index (χ4v) is 4.30. The van der Waals surface area contributed by atoms with Crippen LogP contribution in [0.3, 0.4) is 0 Å². The van der Waals surface area contributed by atoms with Crippen molar-refractivity contribution in [3.8, 4) is 0 Å². The second-order valence-electron chi connectivity index (χ2n) is 6.83. The van der Waals surface area contributed by atoms with Crippen LogP contribution in [0.2, 0.25) is 5.28 Å². The minimum absolute atomic E-state index is 0.00790. The summed E-state index contributed by atoms with van der Waals surface area (Å²) in [4.78, 5) is 42.9. The van der Waals surface area contributed by atoms with Gasteiger partial charge in [0.15, 0.2) is 17.2 Å². The monoisotopic (exact) mass is 446 g/mol. The Morgan fingerprint density at radius 1 is 1.23 bits per heavy atom. The predicted molar refractivity (Wildman–Crippen MR) is 113 cm³/mol. The maximum absolute atomic E-state index is 13.2. The molecule has 0 bridgehead atoms. The van der Waals surface area contributed by atoms with Crippen LogP contribution in [0, 0.1) is 0 Å². The van der Waals surface area contributed by atoms with E-state index in [4.69, 9.17) is 11.6 Å². The number of hydrogen-bond acceptors (Lipinski definition) is 8. The molecule has 3 heterocycles. The molecule has 1 N–H and O–H groups in total. The topological polar surface area (TPSA) is 120 Å². The number of nitrogens with zero attached hydrogens (tertiary/aromatic N) is 5. The predicted octanol–water partition coefficient (Wildman–Crippen LogP) is 2.27. The van der Waals surface area contributed by atoms with Gasteiger partial charge in [-0.2, -0.15) is 4.98 Å². The molecule has 1 saturated carbocycles. The van der Waals surface area contributed by atoms with Gasteiger partial charge in [-0.3, -0.25) is 23.3 Å². The quantitative estimate of drug-likeness (QED) is 0.572. The lowest BCUT2D eigenvalue weighted by atomic mass is 10.2. The highest BCUT2D eigenvalue weighted by Gasteiger charge is 2.30. The van der Waals surface area contributed by atoms with Crippen molar-refractivity contribution in [2.75, 3.05) is 11.1 Å². The summed E-state index contributed by atoms with van der Waals surface area (Å²) < 4.78 is 13.2. The third-order valence-electron chi connectivity index (χ3n) is 4.95. The Bertz CT molecular complexity index is 1200. The summed E-state index contributed by atoms with van der Waals surface area (Å²) in [5.41, 5.74) is 0.823. The van der Waals surface area contributed by atoms with Crippen LogP contribution in [0.1, 0.15) is 37.9 Å². The number of ketones is 1. The maximum atomic E-state index is 13.2. The zero-order chi connectivity index (χ0) is 21.3. The van der Waals surface area contributed by atoms with Crippen LogP contribution in [-0.4, -0.2) is 40.2 Å². The van der Waals surface area contributed by atoms with E-state index < -0.39 is 22.4 Å². The molecule has 3 aromatic heterocycles. The molecule has 9 nitrogen and oxygen atoms in total. The van der Waals surface area contributed by atoms with Crippen LogP contribution in [0.5, 0.6) is 0 Å². The molecule has 0 spiro atoms. The first-order chi connectivity index (χ1) is 14.5. The number of Topliss-reactive ketones (excluding diaryl/α,β-unsaturated/α-hetero) is 1. The standard InChI is InChI=1S/C19H19ClN6O3S/c1-2-30(29)12-7-6-11(21-9-12)8-22-16-18(28)26(14-4-3-5-15(14)27)17-13(24-16)10-23-19(20)25-17/h6-7,9-10,14H,2-5,8H2,1H3,(H,22,24). The molecular formula is C19H19ClN6O3S. The third kappa shape index (κ3) is 3.97. The molecule has 4 rings (SSSR count). The van der Waals surface area contributed by atoms with Crippen molar-refractivity contribution in [1.82, 2.24) is 24.5 Å². The van der Waals surface area contributed by atoms with E-state index in [2.05, 4.69) is 25.3 Å². The van der Waals surface area contributed by atoms with Crippen molar-refractivity contribution in [2.45, 2.75) is 43.7 Å². The minimum Gasteiger partial charge on any atom is -0.360 e. The Labute approximate surface area is 179 Å². The fraction of sp³-hybridized carbons (Fsp3) is 0.368. The summed E-state index contributed by atoms with van der Waals surface area (Å²) in [6, 6.07) is 2.91. The number of aromatic nitrogens is 5. The van der Waals surface area contributed by atoms with Crippen LogP contribution in [-0.2, 0) is 22.1 Å². The number of carbonyl (C=O) groups is 1. The molecule has 156 valence electrons. The Morgan fingerprint density at radius 3 is 2.73 bits per heavy atom. The lowest BCUT2D eigenvalue weighted by molar-refractivity contribution is -0.120. The van der Waals surface area contributed by atoms with E-state index in [0.29, 0.717) is 34.7 Å². The number of rotatable bonds is 6. The van der Waals surface area contributed by atoms with Gasteiger partial charge in [-0.1, -0.05) is 6.92 Å². The van der Waals surface area contributed by atoms with Crippen LogP contribution in [0.25, 0.3) is 11.2 Å². The molecule has 1 fully saturated rings. The molecule has 0 amide bonds. The summed E-state index contributed by atoms with van der Waals surface area (Å²) in [6.07, 6.45) is 4.71. The second-order valence-corrected chi connectivity index (χ2v) is 8.91. The van der Waals surface area contributed by atoms with Gasteiger partial charge in [0.1, 0.15) is 5.52 Å². The lowest BCUT2D eigenvalue weighted by Crippen LogP contribution is -2.31. The summed E-state index contributed by atoms with van der Waals surface area (Å²) in [5, 5.41) is 2.98. The highest BCUT2D eigenvalue weighted by molar-refractivity contribution is 7.85.